The van der Waals surface area contributed by atoms with Crippen LogP contribution in [0.2, 0.25) is 0 Å². The second kappa shape index (κ2) is 12.5. The van der Waals surface area contributed by atoms with E-state index in [2.05, 4.69) is 10.1 Å². The molecule has 1 aromatic carbocycles. The van der Waals surface area contributed by atoms with Gasteiger partial charge in [-0.3, -0.25) is 0 Å². The summed E-state index contributed by atoms with van der Waals surface area (Å²) < 4.78 is 51.5. The summed E-state index contributed by atoms with van der Waals surface area (Å²) in [6.45, 7) is 9.23. The normalized spacial score (nSPS) is 11.8. The number of benzene rings is 1. The predicted molar refractivity (Wildman–Crippen MR) is 136 cm³/mol. The van der Waals surface area contributed by atoms with Crippen LogP contribution < -0.4 is 9.47 Å². The molecule has 37 heavy (non-hydrogen) atoms. The third-order valence-corrected chi connectivity index (χ3v) is 5.58. The van der Waals surface area contributed by atoms with E-state index in [1.165, 1.54) is 24.6 Å². The van der Waals surface area contributed by atoms with Crippen molar-refractivity contribution < 1.29 is 35.4 Å². The van der Waals surface area contributed by atoms with Gasteiger partial charge in [-0.15, -0.1) is 0 Å². The Kier molecular flexibility index (Phi) is 10.4. The molecule has 1 N–H and O–H groups in total. The van der Waals surface area contributed by atoms with Crippen molar-refractivity contribution in [2.45, 2.75) is 65.2 Å². The van der Waals surface area contributed by atoms with Gasteiger partial charge < -0.3 is 17.4 Å². The Morgan fingerprint density at radius 3 is 2.46 bits per heavy atom. The minimum absolute atomic E-state index is 0. The van der Waals surface area contributed by atoms with Crippen LogP contribution in [0.4, 0.5) is 13.2 Å². The zero-order valence-electron chi connectivity index (χ0n) is 23.6. The molecule has 0 aliphatic heterocycles. The zero-order valence-corrected chi connectivity index (χ0v) is 23.8. The maximum Gasteiger partial charge on any atom is 2.00 e. The Labute approximate surface area is 247 Å². The molecule has 0 bridgehead atoms. The van der Waals surface area contributed by atoms with Gasteiger partial charge in [0.2, 0.25) is 0 Å². The molecule has 11 heteroatoms. The molecule has 198 valence electrons. The molecular formula is C26H32CaF3N3O4. The van der Waals surface area contributed by atoms with Crippen molar-refractivity contribution in [1.82, 2.24) is 14.8 Å². The summed E-state index contributed by atoms with van der Waals surface area (Å²) in [5.74, 6) is 0.353. The van der Waals surface area contributed by atoms with E-state index in [0.29, 0.717) is 36.8 Å². The largest absolute Gasteiger partial charge is 2.00 e. The van der Waals surface area contributed by atoms with E-state index in [1.54, 1.807) is 24.4 Å². The predicted octanol–water partition coefficient (Wildman–Crippen LogP) is 5.82. The summed E-state index contributed by atoms with van der Waals surface area (Å²) in [5, 5.41) is 13.8. The van der Waals surface area contributed by atoms with Crippen LogP contribution in [0.5, 0.6) is 11.5 Å². The first-order valence-corrected chi connectivity index (χ1v) is 11.6. The molecule has 0 amide bonds. The van der Waals surface area contributed by atoms with Gasteiger partial charge in [-0.1, -0.05) is 19.9 Å². The molecular weight excluding hydrogens is 515 g/mol. The number of halogens is 3. The number of carbonyl (C=O) groups is 1. The number of aliphatic carboxylic acids is 1. The summed E-state index contributed by atoms with van der Waals surface area (Å²) in [6.07, 6.45) is -0.539. The summed E-state index contributed by atoms with van der Waals surface area (Å²) in [4.78, 5) is 15.3. The molecule has 2 heterocycles. The summed E-state index contributed by atoms with van der Waals surface area (Å²) >= 11 is 0. The number of aryl methyl sites for hydroxylation is 2. The Morgan fingerprint density at radius 2 is 1.89 bits per heavy atom. The van der Waals surface area contributed by atoms with Gasteiger partial charge in [0.15, 0.2) is 11.4 Å². The quantitative estimate of drug-likeness (QED) is 0.254. The van der Waals surface area contributed by atoms with Crippen molar-refractivity contribution in [3.63, 3.8) is 0 Å². The average molecular weight is 548 g/mol. The Balaban J connectivity index is 0.00000481. The fraction of sp³-hybridized carbons (Fsp3) is 0.423. The van der Waals surface area contributed by atoms with Gasteiger partial charge in [0.25, 0.3) is 0 Å². The third-order valence-electron chi connectivity index (χ3n) is 5.58. The molecule has 0 radical (unpaired) electrons. The molecule has 0 spiro atoms. The fourth-order valence-corrected chi connectivity index (χ4v) is 3.49. The van der Waals surface area contributed by atoms with Crippen LogP contribution in [0.3, 0.4) is 0 Å². The number of hydrogen-bond acceptors (Lipinski definition) is 5. The molecule has 7 nitrogen and oxygen atoms in total. The number of hydrogen-bond donors (Lipinski definition) is 1. The standard InChI is InChI=1S/C26H30F3N3O4.Ca.2H/c1-16(2)23-18(15-32(31-23)22-11-9-19(14-30-22)26(27,28)29)7-6-12-35-21-13-20(10-8-17(21)3)36-25(4,5)24(33)34;;;/h8-11,13-16H,6-7,12H2,1-5H3,(H,33,34);;;/q;+2;2*-1. The molecule has 2 aromatic heterocycles. The van der Waals surface area contributed by atoms with Crippen molar-refractivity contribution in [3.05, 3.63) is 65.1 Å². The molecule has 3 aromatic rings. The number of aromatic nitrogens is 3. The van der Waals surface area contributed by atoms with E-state index < -0.39 is 23.3 Å². The molecule has 0 aliphatic carbocycles. The van der Waals surface area contributed by atoms with E-state index in [9.17, 15) is 23.1 Å². The van der Waals surface area contributed by atoms with Gasteiger partial charge >= 0.3 is 49.9 Å². The summed E-state index contributed by atoms with van der Waals surface area (Å²) in [5.41, 5.74) is 0.518. The van der Waals surface area contributed by atoms with Crippen LogP contribution in [0.15, 0.2) is 42.7 Å². The number of carboxylic acids is 1. The molecule has 0 saturated carbocycles. The number of carboxylic acid groups (broad SMARTS) is 1. The Hall–Kier alpha value is -2.30. The summed E-state index contributed by atoms with van der Waals surface area (Å²) in [7, 11) is 0. The van der Waals surface area contributed by atoms with Crippen molar-refractivity contribution in [2.24, 2.45) is 0 Å². The number of pyridine rings is 1. The van der Waals surface area contributed by atoms with Crippen LogP contribution in [-0.4, -0.2) is 75.8 Å². The van der Waals surface area contributed by atoms with E-state index in [0.717, 1.165) is 29.1 Å². The number of rotatable bonds is 10. The van der Waals surface area contributed by atoms with Crippen LogP contribution >= 0.6 is 0 Å². The van der Waals surface area contributed by atoms with E-state index >= 15 is 0 Å². The maximum absolute atomic E-state index is 12.8. The van der Waals surface area contributed by atoms with Crippen LogP contribution in [0, 0.1) is 6.92 Å². The monoisotopic (exact) mass is 547 g/mol. The fourth-order valence-electron chi connectivity index (χ4n) is 3.49. The minimum atomic E-state index is -4.44. The molecule has 3 rings (SSSR count). The van der Waals surface area contributed by atoms with Gasteiger partial charge in [-0.05, 0) is 68.9 Å². The van der Waals surface area contributed by atoms with Crippen molar-refractivity contribution >= 4 is 43.7 Å². The first-order valence-electron chi connectivity index (χ1n) is 11.6. The van der Waals surface area contributed by atoms with Gasteiger partial charge in [0, 0.05) is 18.5 Å². The maximum atomic E-state index is 12.8. The zero-order chi connectivity index (χ0) is 26.7. The first kappa shape index (κ1) is 30.9. The average Bonchev–Trinajstić information content (AvgIpc) is 3.22. The molecule has 0 fully saturated rings. The van der Waals surface area contributed by atoms with E-state index in [1.807, 2.05) is 20.8 Å². The van der Waals surface area contributed by atoms with Gasteiger partial charge in [0.05, 0.1) is 17.9 Å². The van der Waals surface area contributed by atoms with Crippen molar-refractivity contribution in [3.8, 4) is 17.3 Å². The van der Waals surface area contributed by atoms with Crippen molar-refractivity contribution in [1.29, 1.82) is 0 Å². The molecule has 0 unspecified atom stereocenters. The van der Waals surface area contributed by atoms with Crippen LogP contribution in [0.1, 0.15) is 65.3 Å². The molecule has 0 atom stereocenters. The van der Waals surface area contributed by atoms with Gasteiger partial charge in [0.1, 0.15) is 11.5 Å². The minimum Gasteiger partial charge on any atom is -1.00 e. The molecule has 0 saturated heterocycles. The number of nitrogens with zero attached hydrogens (tertiary/aromatic N) is 3. The SMILES string of the molecule is Cc1ccc(OC(C)(C)C(=O)O)cc1OCCCc1cn(-c2ccc(C(F)(F)F)cn2)nc1C(C)C.[Ca+2].[H-].[H-]. The number of ether oxygens (including phenoxy) is 2. The smallest absolute Gasteiger partial charge is 1.00 e. The summed E-state index contributed by atoms with van der Waals surface area (Å²) in [6, 6.07) is 7.47. The van der Waals surface area contributed by atoms with Crippen LogP contribution in [-0.2, 0) is 17.4 Å². The van der Waals surface area contributed by atoms with Gasteiger partial charge in [-0.2, -0.15) is 18.3 Å². The van der Waals surface area contributed by atoms with Crippen LogP contribution in [0.25, 0.3) is 5.82 Å². The van der Waals surface area contributed by atoms with Gasteiger partial charge in [-0.25, -0.2) is 14.5 Å². The second-order valence-corrected chi connectivity index (χ2v) is 9.34. The molecule has 0 aliphatic rings. The Bertz CT molecular complexity index is 1220. The first-order chi connectivity index (χ1) is 16.8. The Morgan fingerprint density at radius 1 is 1.19 bits per heavy atom. The van der Waals surface area contributed by atoms with E-state index in [-0.39, 0.29) is 46.5 Å². The third kappa shape index (κ3) is 8.09. The topological polar surface area (TPSA) is 86.5 Å². The number of alkyl halides is 3. The van der Waals surface area contributed by atoms with Crippen molar-refractivity contribution in [2.75, 3.05) is 6.61 Å². The second-order valence-electron chi connectivity index (χ2n) is 9.34. The van der Waals surface area contributed by atoms with E-state index in [4.69, 9.17) is 9.47 Å².